The highest BCUT2D eigenvalue weighted by molar-refractivity contribution is 5.78. The second kappa shape index (κ2) is 8.97. The minimum atomic E-state index is -0.463. The standard InChI is InChI=1S/C19H23N3O3/c1-3-4-11-19(21-22-19)12-10-17(23)20-14-16(18(24)25-2)13-15-8-6-5-7-9-15/h1,5-9,16H,4,10-14H2,2H3,(H,20,23). The van der Waals surface area contributed by atoms with Crippen LogP contribution in [0.4, 0.5) is 0 Å². The zero-order chi connectivity index (χ0) is 18.1. The Hall–Kier alpha value is -2.68. The van der Waals surface area contributed by atoms with E-state index in [0.29, 0.717) is 32.1 Å². The summed E-state index contributed by atoms with van der Waals surface area (Å²) < 4.78 is 4.85. The van der Waals surface area contributed by atoms with Gasteiger partial charge in [-0.2, -0.15) is 10.2 Å². The van der Waals surface area contributed by atoms with Gasteiger partial charge in [-0.05, 0) is 12.0 Å². The molecule has 6 heteroatoms. The van der Waals surface area contributed by atoms with Crippen LogP contribution < -0.4 is 5.32 Å². The summed E-state index contributed by atoms with van der Waals surface area (Å²) in [5.41, 5.74) is 0.561. The molecule has 0 bridgehead atoms. The quantitative estimate of drug-likeness (QED) is 0.524. The summed E-state index contributed by atoms with van der Waals surface area (Å²) in [5, 5.41) is 10.8. The molecule has 1 N–H and O–H groups in total. The van der Waals surface area contributed by atoms with Crippen LogP contribution in [-0.2, 0) is 20.7 Å². The zero-order valence-corrected chi connectivity index (χ0v) is 14.4. The van der Waals surface area contributed by atoms with E-state index in [-0.39, 0.29) is 18.4 Å². The Balaban J connectivity index is 1.78. The molecule has 132 valence electrons. The van der Waals surface area contributed by atoms with E-state index in [9.17, 15) is 9.59 Å². The Bertz CT molecular complexity index is 658. The fraction of sp³-hybridized carbons (Fsp3) is 0.474. The Morgan fingerprint density at radius 2 is 2.00 bits per heavy atom. The number of esters is 1. The SMILES string of the molecule is C#CCCC1(CCC(=O)NCC(Cc2ccccc2)C(=O)OC)N=N1. The van der Waals surface area contributed by atoms with Crippen molar-refractivity contribution in [1.82, 2.24) is 5.32 Å². The molecule has 0 aliphatic carbocycles. The van der Waals surface area contributed by atoms with Crippen molar-refractivity contribution in [3.63, 3.8) is 0 Å². The Labute approximate surface area is 148 Å². The van der Waals surface area contributed by atoms with Gasteiger partial charge in [-0.15, -0.1) is 12.3 Å². The van der Waals surface area contributed by atoms with Crippen molar-refractivity contribution in [1.29, 1.82) is 0 Å². The lowest BCUT2D eigenvalue weighted by molar-refractivity contribution is -0.145. The van der Waals surface area contributed by atoms with Gasteiger partial charge in [0.25, 0.3) is 0 Å². The summed E-state index contributed by atoms with van der Waals surface area (Å²) in [7, 11) is 1.35. The van der Waals surface area contributed by atoms with E-state index in [1.54, 1.807) is 0 Å². The Morgan fingerprint density at radius 3 is 2.60 bits per heavy atom. The second-order valence-corrected chi connectivity index (χ2v) is 6.10. The van der Waals surface area contributed by atoms with Crippen LogP contribution in [0, 0.1) is 18.3 Å². The van der Waals surface area contributed by atoms with Gasteiger partial charge in [-0.25, -0.2) is 0 Å². The lowest BCUT2D eigenvalue weighted by Gasteiger charge is -2.16. The molecule has 1 unspecified atom stereocenters. The van der Waals surface area contributed by atoms with Crippen LogP contribution >= 0.6 is 0 Å². The molecule has 25 heavy (non-hydrogen) atoms. The van der Waals surface area contributed by atoms with Gasteiger partial charge in [0.1, 0.15) is 0 Å². The molecular weight excluding hydrogens is 318 g/mol. The van der Waals surface area contributed by atoms with Crippen molar-refractivity contribution >= 4 is 11.9 Å². The molecule has 0 aromatic heterocycles. The highest BCUT2D eigenvalue weighted by atomic mass is 16.5. The third-order valence-corrected chi connectivity index (χ3v) is 4.21. The molecule has 1 heterocycles. The summed E-state index contributed by atoms with van der Waals surface area (Å²) in [6.07, 6.45) is 7.88. The van der Waals surface area contributed by atoms with Crippen molar-refractivity contribution in [2.45, 2.75) is 37.8 Å². The lowest BCUT2D eigenvalue weighted by atomic mass is 9.99. The van der Waals surface area contributed by atoms with Gasteiger partial charge >= 0.3 is 5.97 Å². The lowest BCUT2D eigenvalue weighted by Crippen LogP contribution is -2.35. The van der Waals surface area contributed by atoms with Crippen LogP contribution in [0.15, 0.2) is 40.6 Å². The number of benzene rings is 1. The van der Waals surface area contributed by atoms with Crippen molar-refractivity contribution in [2.75, 3.05) is 13.7 Å². The number of carbonyl (C=O) groups is 2. The van der Waals surface area contributed by atoms with Crippen molar-refractivity contribution in [3.8, 4) is 12.3 Å². The van der Waals surface area contributed by atoms with Gasteiger partial charge in [-0.3, -0.25) is 9.59 Å². The normalized spacial score (nSPS) is 15.0. The largest absolute Gasteiger partial charge is 0.469 e. The number of amides is 1. The van der Waals surface area contributed by atoms with Gasteiger partial charge in [0.05, 0.1) is 13.0 Å². The number of nitrogens with one attached hydrogen (secondary N) is 1. The zero-order valence-electron chi connectivity index (χ0n) is 14.4. The molecule has 0 saturated heterocycles. The average molecular weight is 341 g/mol. The number of hydrogen-bond donors (Lipinski definition) is 1. The predicted molar refractivity (Wildman–Crippen MR) is 93.5 cm³/mol. The van der Waals surface area contributed by atoms with Gasteiger partial charge in [0, 0.05) is 32.2 Å². The van der Waals surface area contributed by atoms with Crippen LogP contribution in [0.1, 0.15) is 31.2 Å². The van der Waals surface area contributed by atoms with Crippen molar-refractivity contribution < 1.29 is 14.3 Å². The highest BCUT2D eigenvalue weighted by Crippen LogP contribution is 2.37. The third-order valence-electron chi connectivity index (χ3n) is 4.21. The molecule has 2 rings (SSSR count). The molecule has 1 amide bonds. The molecule has 1 aliphatic heterocycles. The molecule has 1 atom stereocenters. The second-order valence-electron chi connectivity index (χ2n) is 6.10. The number of carbonyl (C=O) groups excluding carboxylic acids is 2. The topological polar surface area (TPSA) is 80.1 Å². The minimum Gasteiger partial charge on any atom is -0.469 e. The Kier molecular flexibility index (Phi) is 6.70. The number of terminal acetylenes is 1. The first-order valence-corrected chi connectivity index (χ1v) is 8.34. The first-order valence-electron chi connectivity index (χ1n) is 8.34. The Morgan fingerprint density at radius 1 is 1.28 bits per heavy atom. The van der Waals surface area contributed by atoms with E-state index in [1.165, 1.54) is 7.11 Å². The molecule has 1 aromatic carbocycles. The summed E-state index contributed by atoms with van der Waals surface area (Å²) in [4.78, 5) is 24.0. The monoisotopic (exact) mass is 341 g/mol. The van der Waals surface area contributed by atoms with Gasteiger partial charge < -0.3 is 10.1 Å². The van der Waals surface area contributed by atoms with Gasteiger partial charge in [-0.1, -0.05) is 30.3 Å². The van der Waals surface area contributed by atoms with E-state index in [4.69, 9.17) is 11.2 Å². The molecule has 0 spiro atoms. The van der Waals surface area contributed by atoms with E-state index in [0.717, 1.165) is 5.56 Å². The van der Waals surface area contributed by atoms with Crippen molar-refractivity contribution in [2.24, 2.45) is 16.1 Å². The van der Waals surface area contributed by atoms with Gasteiger partial charge in [0.2, 0.25) is 5.91 Å². The molecule has 0 radical (unpaired) electrons. The van der Waals surface area contributed by atoms with Crippen LogP contribution in [0.5, 0.6) is 0 Å². The summed E-state index contributed by atoms with van der Waals surface area (Å²) >= 11 is 0. The number of nitrogens with zero attached hydrogens (tertiary/aromatic N) is 2. The van der Waals surface area contributed by atoms with E-state index < -0.39 is 11.6 Å². The predicted octanol–water partition coefficient (Wildman–Crippen LogP) is 2.49. The highest BCUT2D eigenvalue weighted by Gasteiger charge is 2.39. The van der Waals surface area contributed by atoms with E-state index >= 15 is 0 Å². The van der Waals surface area contributed by atoms with E-state index in [2.05, 4.69) is 21.5 Å². The maximum Gasteiger partial charge on any atom is 0.310 e. The molecule has 1 aliphatic rings. The summed E-state index contributed by atoms with van der Waals surface area (Å²) in [6, 6.07) is 9.65. The average Bonchev–Trinajstić information content (AvgIpc) is 3.42. The molecule has 0 saturated carbocycles. The number of rotatable bonds is 10. The maximum absolute atomic E-state index is 12.1. The number of hydrogen-bond acceptors (Lipinski definition) is 5. The molecular formula is C19H23N3O3. The number of ether oxygens (including phenoxy) is 1. The fourth-order valence-corrected chi connectivity index (χ4v) is 2.61. The fourth-order valence-electron chi connectivity index (χ4n) is 2.61. The van der Waals surface area contributed by atoms with E-state index in [1.807, 2.05) is 30.3 Å². The first kappa shape index (κ1) is 18.7. The van der Waals surface area contributed by atoms with Crippen LogP contribution in [0.2, 0.25) is 0 Å². The molecule has 0 fully saturated rings. The van der Waals surface area contributed by atoms with Gasteiger partial charge in [0.15, 0.2) is 5.66 Å². The maximum atomic E-state index is 12.1. The summed E-state index contributed by atoms with van der Waals surface area (Å²) in [5.74, 6) is 1.69. The molecule has 1 aromatic rings. The minimum absolute atomic E-state index is 0.126. The van der Waals surface area contributed by atoms with Crippen LogP contribution in [-0.4, -0.2) is 31.2 Å². The van der Waals surface area contributed by atoms with Crippen LogP contribution in [0.3, 0.4) is 0 Å². The smallest absolute Gasteiger partial charge is 0.310 e. The summed E-state index contributed by atoms with van der Waals surface area (Å²) in [6.45, 7) is 0.242. The van der Waals surface area contributed by atoms with Crippen molar-refractivity contribution in [3.05, 3.63) is 35.9 Å². The first-order chi connectivity index (χ1) is 12.1. The third kappa shape index (κ3) is 6.03. The van der Waals surface area contributed by atoms with Crippen LogP contribution in [0.25, 0.3) is 0 Å². The molecule has 6 nitrogen and oxygen atoms in total. The number of methoxy groups -OCH3 is 1.